The number of carbonyl (C=O) groups excluding carboxylic acids is 1. The molecule has 1 rings (SSSR count). The fourth-order valence-electron chi connectivity index (χ4n) is 1.29. The van der Waals surface area contributed by atoms with Crippen LogP contribution in [0, 0.1) is 0 Å². The summed E-state index contributed by atoms with van der Waals surface area (Å²) in [5, 5.41) is 8.21. The van der Waals surface area contributed by atoms with Gasteiger partial charge in [-0.2, -0.15) is 5.26 Å². The minimum Gasteiger partial charge on any atom is -0.296 e. The lowest BCUT2D eigenvalue weighted by Gasteiger charge is -2.01. The average Bonchev–Trinajstić information content (AvgIpc) is 2.25. The molecule has 1 aromatic carbocycles. The lowest BCUT2D eigenvalue weighted by Crippen LogP contribution is -2.02. The first-order valence-electron chi connectivity index (χ1n) is 4.72. The maximum Gasteiger partial charge on any atom is 0.372 e. The first-order valence-corrected chi connectivity index (χ1v) is 4.72. The Morgan fingerprint density at radius 2 is 2.29 bits per heavy atom. The molecule has 0 radical (unpaired) electrons. The van der Waals surface area contributed by atoms with Crippen molar-refractivity contribution in [3.8, 4) is 0 Å². The van der Waals surface area contributed by atoms with Gasteiger partial charge in [0.15, 0.2) is 0 Å². The van der Waals surface area contributed by atoms with E-state index in [9.17, 15) is 4.79 Å². The average molecular weight is 194 g/mol. The third-order valence-electron chi connectivity index (χ3n) is 2.06. The predicted octanol–water partition coefficient (Wildman–Crippen LogP) is 2.66. The van der Waals surface area contributed by atoms with E-state index in [4.69, 9.17) is 5.26 Å². The summed E-state index contributed by atoms with van der Waals surface area (Å²) in [5.74, 6) is -0.705. The standard InChI is InChI=1S/C11H14O3/c1-2-3-5-9-6-4-7-10(8-9)11(12)14-13/h4,6-8,13H,2-3,5H2,1H3. The number of benzene rings is 1. The summed E-state index contributed by atoms with van der Waals surface area (Å²) in [7, 11) is 0. The van der Waals surface area contributed by atoms with Crippen molar-refractivity contribution >= 4 is 5.97 Å². The number of carbonyl (C=O) groups is 1. The molecule has 0 amide bonds. The van der Waals surface area contributed by atoms with E-state index in [-0.39, 0.29) is 0 Å². The molecule has 76 valence electrons. The molecule has 0 atom stereocenters. The van der Waals surface area contributed by atoms with E-state index in [2.05, 4.69) is 11.8 Å². The highest BCUT2D eigenvalue weighted by molar-refractivity contribution is 5.89. The van der Waals surface area contributed by atoms with Gasteiger partial charge >= 0.3 is 5.97 Å². The van der Waals surface area contributed by atoms with E-state index in [1.807, 2.05) is 6.07 Å². The van der Waals surface area contributed by atoms with Crippen LogP contribution in [0.3, 0.4) is 0 Å². The highest BCUT2D eigenvalue weighted by Gasteiger charge is 2.06. The van der Waals surface area contributed by atoms with Crippen LogP contribution in [0.4, 0.5) is 0 Å². The zero-order chi connectivity index (χ0) is 10.4. The van der Waals surface area contributed by atoms with E-state index >= 15 is 0 Å². The van der Waals surface area contributed by atoms with Gasteiger partial charge in [-0.25, -0.2) is 4.79 Å². The fourth-order valence-corrected chi connectivity index (χ4v) is 1.29. The minimum absolute atomic E-state index is 0.390. The van der Waals surface area contributed by atoms with Crippen molar-refractivity contribution in [1.82, 2.24) is 0 Å². The molecular weight excluding hydrogens is 180 g/mol. The Hall–Kier alpha value is -1.35. The van der Waals surface area contributed by atoms with Gasteiger partial charge in [-0.05, 0) is 30.5 Å². The van der Waals surface area contributed by atoms with E-state index < -0.39 is 5.97 Å². The molecule has 1 N–H and O–H groups in total. The first-order chi connectivity index (χ1) is 6.77. The second kappa shape index (κ2) is 5.40. The van der Waals surface area contributed by atoms with Crippen LogP contribution in [0.1, 0.15) is 35.7 Å². The first kappa shape index (κ1) is 10.7. The molecule has 0 aliphatic carbocycles. The SMILES string of the molecule is CCCCc1cccc(C(=O)OO)c1. The molecule has 1 aromatic rings. The van der Waals surface area contributed by atoms with E-state index in [0.29, 0.717) is 5.56 Å². The zero-order valence-corrected chi connectivity index (χ0v) is 8.19. The Morgan fingerprint density at radius 1 is 1.50 bits per heavy atom. The van der Waals surface area contributed by atoms with Gasteiger partial charge in [-0.15, -0.1) is 0 Å². The summed E-state index contributed by atoms with van der Waals surface area (Å²) in [6, 6.07) is 7.11. The Balaban J connectivity index is 2.73. The van der Waals surface area contributed by atoms with Crippen LogP contribution < -0.4 is 0 Å². The van der Waals surface area contributed by atoms with Crippen molar-refractivity contribution in [2.75, 3.05) is 0 Å². The van der Waals surface area contributed by atoms with Gasteiger partial charge in [-0.1, -0.05) is 25.5 Å². The molecule has 0 fully saturated rings. The number of hydrogen-bond donors (Lipinski definition) is 1. The molecule has 0 saturated carbocycles. The normalized spacial score (nSPS) is 9.86. The number of unbranched alkanes of at least 4 members (excludes halogenated alkanes) is 1. The molecule has 0 heterocycles. The van der Waals surface area contributed by atoms with Crippen molar-refractivity contribution in [3.63, 3.8) is 0 Å². The molecule has 0 saturated heterocycles. The van der Waals surface area contributed by atoms with E-state index in [0.717, 1.165) is 24.8 Å². The summed E-state index contributed by atoms with van der Waals surface area (Å²) >= 11 is 0. The van der Waals surface area contributed by atoms with Crippen LogP contribution in [0.15, 0.2) is 24.3 Å². The summed E-state index contributed by atoms with van der Waals surface area (Å²) in [4.78, 5) is 14.6. The van der Waals surface area contributed by atoms with Crippen LogP contribution in [-0.2, 0) is 11.3 Å². The van der Waals surface area contributed by atoms with Gasteiger partial charge in [0.2, 0.25) is 0 Å². The van der Waals surface area contributed by atoms with Gasteiger partial charge in [0, 0.05) is 0 Å². The highest BCUT2D eigenvalue weighted by atomic mass is 17.1. The quantitative estimate of drug-likeness (QED) is 0.592. The van der Waals surface area contributed by atoms with E-state index in [1.54, 1.807) is 18.2 Å². The van der Waals surface area contributed by atoms with Gasteiger partial charge in [0.25, 0.3) is 0 Å². The molecule has 0 spiro atoms. The lowest BCUT2D eigenvalue weighted by atomic mass is 10.1. The molecule has 3 heteroatoms. The summed E-state index contributed by atoms with van der Waals surface area (Å²) in [6.45, 7) is 2.12. The largest absolute Gasteiger partial charge is 0.372 e. The summed E-state index contributed by atoms with van der Waals surface area (Å²) in [6.07, 6.45) is 3.16. The van der Waals surface area contributed by atoms with Gasteiger partial charge in [-0.3, -0.25) is 4.89 Å². The third-order valence-corrected chi connectivity index (χ3v) is 2.06. The Kier molecular flexibility index (Phi) is 4.13. The minimum atomic E-state index is -0.705. The molecule has 0 bridgehead atoms. The molecule has 0 aliphatic heterocycles. The second-order valence-electron chi connectivity index (χ2n) is 3.18. The smallest absolute Gasteiger partial charge is 0.296 e. The van der Waals surface area contributed by atoms with Crippen LogP contribution in [0.25, 0.3) is 0 Å². The van der Waals surface area contributed by atoms with Crippen molar-refractivity contribution in [2.24, 2.45) is 0 Å². The van der Waals surface area contributed by atoms with Gasteiger partial charge in [0.05, 0.1) is 5.56 Å². The fraction of sp³-hybridized carbons (Fsp3) is 0.364. The van der Waals surface area contributed by atoms with Crippen LogP contribution in [-0.4, -0.2) is 11.2 Å². The molecule has 14 heavy (non-hydrogen) atoms. The molecule has 3 nitrogen and oxygen atoms in total. The maximum atomic E-state index is 11.0. The van der Waals surface area contributed by atoms with Crippen molar-refractivity contribution in [1.29, 1.82) is 0 Å². The van der Waals surface area contributed by atoms with Gasteiger partial charge < -0.3 is 0 Å². The summed E-state index contributed by atoms with van der Waals surface area (Å²) < 4.78 is 0. The Bertz CT molecular complexity index is 307. The lowest BCUT2D eigenvalue weighted by molar-refractivity contribution is -0.182. The van der Waals surface area contributed by atoms with Crippen molar-refractivity contribution < 1.29 is 14.9 Å². The number of hydrogen-bond acceptors (Lipinski definition) is 3. The molecular formula is C11H14O3. The molecule has 0 aromatic heterocycles. The van der Waals surface area contributed by atoms with Crippen molar-refractivity contribution in [3.05, 3.63) is 35.4 Å². The summed E-state index contributed by atoms with van der Waals surface area (Å²) in [5.41, 5.74) is 1.48. The predicted molar refractivity (Wildman–Crippen MR) is 53.1 cm³/mol. The van der Waals surface area contributed by atoms with Crippen LogP contribution in [0.2, 0.25) is 0 Å². The van der Waals surface area contributed by atoms with Crippen LogP contribution in [0.5, 0.6) is 0 Å². The maximum absolute atomic E-state index is 11.0. The van der Waals surface area contributed by atoms with Crippen molar-refractivity contribution in [2.45, 2.75) is 26.2 Å². The Morgan fingerprint density at radius 3 is 2.93 bits per heavy atom. The number of aryl methyl sites for hydroxylation is 1. The highest BCUT2D eigenvalue weighted by Crippen LogP contribution is 2.09. The molecule has 0 unspecified atom stereocenters. The van der Waals surface area contributed by atoms with E-state index in [1.165, 1.54) is 0 Å². The Labute approximate surface area is 83.3 Å². The third kappa shape index (κ3) is 2.85. The topological polar surface area (TPSA) is 46.5 Å². The molecule has 0 aliphatic rings. The second-order valence-corrected chi connectivity index (χ2v) is 3.18. The number of rotatable bonds is 4. The monoisotopic (exact) mass is 194 g/mol. The van der Waals surface area contributed by atoms with Gasteiger partial charge in [0.1, 0.15) is 0 Å². The van der Waals surface area contributed by atoms with Crippen LogP contribution >= 0.6 is 0 Å². The zero-order valence-electron chi connectivity index (χ0n) is 8.19.